The van der Waals surface area contributed by atoms with Crippen molar-refractivity contribution in [2.45, 2.75) is 3.79 Å². The average molecular weight is 294 g/mol. The van der Waals surface area contributed by atoms with Crippen molar-refractivity contribution in [3.8, 4) is 5.75 Å². The first kappa shape index (κ1) is 12.5. The van der Waals surface area contributed by atoms with E-state index in [4.69, 9.17) is 39.5 Å². The average Bonchev–Trinajstić information content (AvgIpc) is 2.27. The lowest BCUT2D eigenvalue weighted by Gasteiger charge is -2.11. The zero-order valence-electron chi connectivity index (χ0n) is 8.63. The first-order valence-corrected chi connectivity index (χ1v) is 5.71. The van der Waals surface area contributed by atoms with E-state index in [0.717, 1.165) is 0 Å². The molecule has 0 unspecified atom stereocenters. The number of nitrogens with zero attached hydrogens (tertiary/aromatic N) is 1. The number of aromatic amines is 1. The molecule has 0 aliphatic carbocycles. The van der Waals surface area contributed by atoms with Gasteiger partial charge in [0, 0.05) is 0 Å². The van der Waals surface area contributed by atoms with E-state index >= 15 is 0 Å². The first-order chi connectivity index (χ1) is 7.93. The molecule has 7 heteroatoms. The van der Waals surface area contributed by atoms with Crippen molar-refractivity contribution in [2.24, 2.45) is 0 Å². The zero-order valence-corrected chi connectivity index (χ0v) is 10.9. The summed E-state index contributed by atoms with van der Waals surface area (Å²) in [5.74, 6) is 0.411. The number of rotatable bonds is 1. The van der Waals surface area contributed by atoms with E-state index in [2.05, 4.69) is 9.97 Å². The lowest BCUT2D eigenvalue weighted by Crippen LogP contribution is -2.17. The number of hydrogen-bond acceptors (Lipinski definition) is 3. The van der Waals surface area contributed by atoms with Crippen molar-refractivity contribution >= 4 is 45.7 Å². The van der Waals surface area contributed by atoms with E-state index in [-0.39, 0.29) is 11.4 Å². The van der Waals surface area contributed by atoms with Gasteiger partial charge >= 0.3 is 0 Å². The summed E-state index contributed by atoms with van der Waals surface area (Å²) in [4.78, 5) is 18.3. The van der Waals surface area contributed by atoms with Crippen LogP contribution in [0.3, 0.4) is 0 Å². The van der Waals surface area contributed by atoms with Crippen molar-refractivity contribution in [3.05, 3.63) is 34.4 Å². The van der Waals surface area contributed by atoms with Gasteiger partial charge in [0.25, 0.3) is 5.56 Å². The molecule has 0 aliphatic rings. The molecule has 0 fully saturated rings. The third-order valence-electron chi connectivity index (χ3n) is 2.19. The predicted molar refractivity (Wildman–Crippen MR) is 68.2 cm³/mol. The summed E-state index contributed by atoms with van der Waals surface area (Å²) in [6.07, 6.45) is 0. The van der Waals surface area contributed by atoms with Gasteiger partial charge < -0.3 is 9.72 Å². The summed E-state index contributed by atoms with van der Waals surface area (Å²) in [5.41, 5.74) is -0.0182. The Balaban J connectivity index is 2.84. The van der Waals surface area contributed by atoms with Crippen molar-refractivity contribution in [1.82, 2.24) is 9.97 Å². The number of nitrogens with one attached hydrogen (secondary N) is 1. The van der Waals surface area contributed by atoms with Gasteiger partial charge in [-0.1, -0.05) is 40.9 Å². The minimum absolute atomic E-state index is 0.0375. The van der Waals surface area contributed by atoms with Gasteiger partial charge in [0.15, 0.2) is 5.82 Å². The predicted octanol–water partition coefficient (Wildman–Crippen LogP) is 2.76. The Bertz CT molecular complexity index is 619. The fourth-order valence-corrected chi connectivity index (χ4v) is 1.70. The Morgan fingerprint density at radius 2 is 2.06 bits per heavy atom. The van der Waals surface area contributed by atoms with Crippen LogP contribution in [0.25, 0.3) is 10.9 Å². The number of ether oxygens (including phenoxy) is 1. The van der Waals surface area contributed by atoms with Crippen LogP contribution in [0.1, 0.15) is 5.82 Å². The molecule has 2 aromatic rings. The molecule has 1 heterocycles. The lowest BCUT2D eigenvalue weighted by molar-refractivity contribution is 0.418. The van der Waals surface area contributed by atoms with Crippen LogP contribution in [0.15, 0.2) is 23.0 Å². The standard InChI is InChI=1S/C10H7Cl3N2O2/c1-17-6-4-2-3-5-7(6)14-9(10(11,12)13)15-8(5)16/h2-4H,1H3,(H,14,15,16). The largest absolute Gasteiger partial charge is 0.494 e. The summed E-state index contributed by atoms with van der Waals surface area (Å²) in [7, 11) is 1.48. The summed E-state index contributed by atoms with van der Waals surface area (Å²) in [6, 6.07) is 4.98. The van der Waals surface area contributed by atoms with Gasteiger partial charge in [-0.05, 0) is 12.1 Å². The number of halogens is 3. The van der Waals surface area contributed by atoms with Gasteiger partial charge in [0.05, 0.1) is 12.5 Å². The van der Waals surface area contributed by atoms with Crippen LogP contribution < -0.4 is 10.3 Å². The highest BCUT2D eigenvalue weighted by Gasteiger charge is 2.27. The third-order valence-corrected chi connectivity index (χ3v) is 2.72. The second kappa shape index (κ2) is 4.37. The van der Waals surface area contributed by atoms with Gasteiger partial charge in [-0.3, -0.25) is 4.79 Å². The van der Waals surface area contributed by atoms with Gasteiger partial charge in [-0.15, -0.1) is 0 Å². The molecule has 1 aromatic carbocycles. The Labute approximate surface area is 111 Å². The molecule has 1 aromatic heterocycles. The van der Waals surface area contributed by atoms with Crippen LogP contribution in [0, 0.1) is 0 Å². The summed E-state index contributed by atoms with van der Waals surface area (Å²) < 4.78 is 3.32. The molecular weight excluding hydrogens is 286 g/mol. The van der Waals surface area contributed by atoms with Crippen LogP contribution in [-0.2, 0) is 3.79 Å². The number of aromatic nitrogens is 2. The fraction of sp³-hybridized carbons (Fsp3) is 0.200. The van der Waals surface area contributed by atoms with Crippen LogP contribution in [-0.4, -0.2) is 17.1 Å². The molecule has 0 saturated carbocycles. The number of alkyl halides is 3. The van der Waals surface area contributed by atoms with Crippen molar-refractivity contribution in [1.29, 1.82) is 0 Å². The SMILES string of the molecule is COc1cccc2c(=O)[nH]c(C(Cl)(Cl)Cl)nc12. The quantitative estimate of drug-likeness (QED) is 0.823. The highest BCUT2D eigenvalue weighted by atomic mass is 35.6. The van der Waals surface area contributed by atoms with Crippen LogP contribution in [0.4, 0.5) is 0 Å². The molecule has 4 nitrogen and oxygen atoms in total. The highest BCUT2D eigenvalue weighted by Crippen LogP contribution is 2.36. The fourth-order valence-electron chi connectivity index (χ4n) is 1.43. The molecular formula is C10H7Cl3N2O2. The Hall–Kier alpha value is -0.970. The zero-order chi connectivity index (χ0) is 12.6. The minimum atomic E-state index is -1.78. The summed E-state index contributed by atoms with van der Waals surface area (Å²) in [6.45, 7) is 0. The van der Waals surface area contributed by atoms with E-state index in [1.807, 2.05) is 0 Å². The molecule has 0 spiro atoms. The number of fused-ring (bicyclic) bond motifs is 1. The van der Waals surface area contributed by atoms with E-state index in [1.54, 1.807) is 18.2 Å². The van der Waals surface area contributed by atoms with Gasteiger partial charge in [-0.2, -0.15) is 0 Å². The van der Waals surface area contributed by atoms with Gasteiger partial charge in [-0.25, -0.2) is 4.98 Å². The minimum Gasteiger partial charge on any atom is -0.494 e. The van der Waals surface area contributed by atoms with E-state index in [9.17, 15) is 4.79 Å². The maximum absolute atomic E-state index is 11.8. The molecule has 0 aliphatic heterocycles. The van der Waals surface area contributed by atoms with Crippen molar-refractivity contribution in [2.75, 3.05) is 7.11 Å². The van der Waals surface area contributed by atoms with Crippen LogP contribution >= 0.6 is 34.8 Å². The number of para-hydroxylation sites is 1. The van der Waals surface area contributed by atoms with E-state index in [0.29, 0.717) is 16.7 Å². The molecule has 17 heavy (non-hydrogen) atoms. The number of hydrogen-bond donors (Lipinski definition) is 1. The summed E-state index contributed by atoms with van der Waals surface area (Å²) >= 11 is 17.1. The monoisotopic (exact) mass is 292 g/mol. The maximum atomic E-state index is 11.8. The van der Waals surface area contributed by atoms with Gasteiger partial charge in [0.2, 0.25) is 3.79 Å². The first-order valence-electron chi connectivity index (χ1n) is 4.57. The molecule has 0 amide bonds. The van der Waals surface area contributed by atoms with Crippen LogP contribution in [0.2, 0.25) is 0 Å². The van der Waals surface area contributed by atoms with Crippen molar-refractivity contribution in [3.63, 3.8) is 0 Å². The van der Waals surface area contributed by atoms with Crippen LogP contribution in [0.5, 0.6) is 5.75 Å². The Morgan fingerprint density at radius 3 is 2.65 bits per heavy atom. The number of benzene rings is 1. The van der Waals surface area contributed by atoms with Crippen molar-refractivity contribution < 1.29 is 4.74 Å². The lowest BCUT2D eigenvalue weighted by atomic mass is 10.2. The third kappa shape index (κ3) is 2.34. The van der Waals surface area contributed by atoms with E-state index < -0.39 is 3.79 Å². The smallest absolute Gasteiger partial charge is 0.259 e. The van der Waals surface area contributed by atoms with Gasteiger partial charge in [0.1, 0.15) is 11.3 Å². The Kier molecular flexibility index (Phi) is 3.21. The molecule has 0 bridgehead atoms. The number of methoxy groups -OCH3 is 1. The topological polar surface area (TPSA) is 55.0 Å². The second-order valence-corrected chi connectivity index (χ2v) is 5.55. The molecule has 0 atom stereocenters. The molecule has 0 radical (unpaired) electrons. The molecule has 1 N–H and O–H groups in total. The Morgan fingerprint density at radius 1 is 1.35 bits per heavy atom. The highest BCUT2D eigenvalue weighted by molar-refractivity contribution is 6.66. The van der Waals surface area contributed by atoms with E-state index in [1.165, 1.54) is 7.11 Å². The normalized spacial score (nSPS) is 11.8. The molecule has 90 valence electrons. The summed E-state index contributed by atoms with van der Waals surface area (Å²) in [5, 5.41) is 0.377. The number of H-pyrrole nitrogens is 1. The molecule has 0 saturated heterocycles. The second-order valence-electron chi connectivity index (χ2n) is 3.27. The molecule has 2 rings (SSSR count). The maximum Gasteiger partial charge on any atom is 0.259 e.